The Bertz CT molecular complexity index is 229. The van der Waals surface area contributed by atoms with Crippen LogP contribution in [0.4, 0.5) is 0 Å². The highest BCUT2D eigenvalue weighted by atomic mass is 16.4. The first-order valence-electron chi connectivity index (χ1n) is 4.19. The van der Waals surface area contributed by atoms with Crippen LogP contribution in [0, 0.1) is 0 Å². The highest BCUT2D eigenvalue weighted by Gasteiger charge is 2.35. The maximum absolute atomic E-state index is 10.6. The molecule has 0 bridgehead atoms. The van der Waals surface area contributed by atoms with Gasteiger partial charge in [-0.3, -0.25) is 4.79 Å². The minimum Gasteiger partial charge on any atom is -0.387 e. The van der Waals surface area contributed by atoms with Crippen LogP contribution in [-0.2, 0) is 9.59 Å². The molecule has 0 aliphatic rings. The summed E-state index contributed by atoms with van der Waals surface area (Å²) in [6.45, 7) is 0.975. The zero-order valence-corrected chi connectivity index (χ0v) is 8.02. The first-order valence-corrected chi connectivity index (χ1v) is 4.19. The van der Waals surface area contributed by atoms with E-state index in [9.17, 15) is 14.7 Å². The van der Waals surface area contributed by atoms with Gasteiger partial charge in [-0.05, 0) is 6.92 Å². The van der Waals surface area contributed by atoms with Crippen molar-refractivity contribution in [2.75, 3.05) is 0 Å². The fourth-order valence-corrected chi connectivity index (χ4v) is 0.912. The van der Waals surface area contributed by atoms with Crippen molar-refractivity contribution < 1.29 is 35.1 Å². The molecule has 0 aliphatic carbocycles. The van der Waals surface area contributed by atoms with Crippen molar-refractivity contribution in [3.8, 4) is 0 Å². The molecule has 0 heterocycles. The van der Waals surface area contributed by atoms with Crippen molar-refractivity contribution in [2.24, 2.45) is 0 Å². The smallest absolute Gasteiger partial charge is 0.160 e. The molecule has 7 nitrogen and oxygen atoms in total. The molecule has 1 unspecified atom stereocenters. The third kappa shape index (κ3) is 3.65. The maximum atomic E-state index is 10.6. The minimum atomic E-state index is -2.00. The van der Waals surface area contributed by atoms with Crippen LogP contribution in [0.2, 0.25) is 0 Å². The van der Waals surface area contributed by atoms with Crippen LogP contribution in [0.3, 0.4) is 0 Å². The normalized spacial score (nSPS) is 21.2. The summed E-state index contributed by atoms with van der Waals surface area (Å²) in [5.41, 5.74) is 0. The summed E-state index contributed by atoms with van der Waals surface area (Å²) in [4.78, 5) is 20.7. The van der Waals surface area contributed by atoms with E-state index in [4.69, 9.17) is 20.4 Å². The fourth-order valence-electron chi connectivity index (χ4n) is 0.912. The number of carbonyl (C=O) groups is 2. The van der Waals surface area contributed by atoms with Gasteiger partial charge >= 0.3 is 0 Å². The number of rotatable bonds is 6. The zero-order valence-electron chi connectivity index (χ0n) is 8.02. The second-order valence-electron chi connectivity index (χ2n) is 3.15. The second-order valence-corrected chi connectivity index (χ2v) is 3.15. The molecule has 0 aliphatic heterocycles. The topological polar surface area (TPSA) is 135 Å². The Morgan fingerprint density at radius 2 is 1.47 bits per heavy atom. The molecule has 0 amide bonds. The van der Waals surface area contributed by atoms with E-state index in [1.54, 1.807) is 0 Å². The summed E-state index contributed by atoms with van der Waals surface area (Å²) in [6.07, 6.45) is -9.74. The van der Waals surface area contributed by atoms with E-state index in [0.717, 1.165) is 6.92 Å². The SMILES string of the molecule is CC(=O)C(O)[C@@H](O)[C@@H](O)[C@H](O)[C@H](O)C=O. The molecule has 15 heavy (non-hydrogen) atoms. The van der Waals surface area contributed by atoms with Crippen LogP contribution in [0.25, 0.3) is 0 Å². The van der Waals surface area contributed by atoms with E-state index < -0.39 is 36.3 Å². The molecule has 0 radical (unpaired) electrons. The van der Waals surface area contributed by atoms with Crippen molar-refractivity contribution in [1.82, 2.24) is 0 Å². The Hall–Kier alpha value is -0.860. The predicted octanol–water partition coefficient (Wildman–Crippen LogP) is -3.42. The lowest BCUT2D eigenvalue weighted by Gasteiger charge is -2.26. The van der Waals surface area contributed by atoms with Crippen molar-refractivity contribution in [2.45, 2.75) is 37.4 Å². The maximum Gasteiger partial charge on any atom is 0.160 e. The fraction of sp³-hybridized carbons (Fsp3) is 0.750. The lowest BCUT2D eigenvalue weighted by molar-refractivity contribution is -0.153. The molecule has 0 aromatic rings. The molecule has 0 fully saturated rings. The van der Waals surface area contributed by atoms with Crippen LogP contribution in [0.5, 0.6) is 0 Å². The monoisotopic (exact) mass is 222 g/mol. The molecule has 0 aromatic carbocycles. The van der Waals surface area contributed by atoms with Gasteiger partial charge in [0.05, 0.1) is 0 Å². The van der Waals surface area contributed by atoms with Gasteiger partial charge in [0, 0.05) is 0 Å². The standard InChI is InChI=1S/C8H14O7/c1-3(10)5(12)7(14)8(15)6(13)4(11)2-9/h2,4-8,11-15H,1H3/t4-,5?,6-,7-,8+/m1/s1. The molecule has 88 valence electrons. The van der Waals surface area contributed by atoms with E-state index in [2.05, 4.69) is 0 Å². The molecule has 0 saturated carbocycles. The van der Waals surface area contributed by atoms with Gasteiger partial charge in [0.1, 0.15) is 30.5 Å². The highest BCUT2D eigenvalue weighted by molar-refractivity contribution is 5.80. The molecule has 0 aromatic heterocycles. The average molecular weight is 222 g/mol. The van der Waals surface area contributed by atoms with Gasteiger partial charge < -0.3 is 30.3 Å². The number of hydrogen-bond donors (Lipinski definition) is 5. The molecule has 5 N–H and O–H groups in total. The van der Waals surface area contributed by atoms with Gasteiger partial charge in [-0.25, -0.2) is 0 Å². The van der Waals surface area contributed by atoms with Crippen LogP contribution in [0.1, 0.15) is 6.92 Å². The van der Waals surface area contributed by atoms with E-state index in [-0.39, 0.29) is 6.29 Å². The molecule has 0 saturated heterocycles. The number of carbonyl (C=O) groups excluding carboxylic acids is 2. The largest absolute Gasteiger partial charge is 0.387 e. The minimum absolute atomic E-state index is 0.0409. The summed E-state index contributed by atoms with van der Waals surface area (Å²) in [7, 11) is 0. The van der Waals surface area contributed by atoms with Gasteiger partial charge in [0.15, 0.2) is 12.1 Å². The third-order valence-electron chi connectivity index (χ3n) is 1.93. The van der Waals surface area contributed by atoms with Crippen LogP contribution in [0.15, 0.2) is 0 Å². The van der Waals surface area contributed by atoms with Crippen molar-refractivity contribution in [3.05, 3.63) is 0 Å². The number of aldehydes is 1. The second kappa shape index (κ2) is 5.89. The number of hydrogen-bond acceptors (Lipinski definition) is 7. The number of aliphatic hydroxyl groups is 5. The summed E-state index contributed by atoms with van der Waals surface area (Å²) in [5, 5.41) is 45.3. The van der Waals surface area contributed by atoms with Crippen molar-refractivity contribution >= 4 is 12.1 Å². The quantitative estimate of drug-likeness (QED) is 0.295. The number of ketones is 1. The summed E-state index contributed by atoms with van der Waals surface area (Å²) < 4.78 is 0. The predicted molar refractivity (Wildman–Crippen MR) is 46.8 cm³/mol. The molecule has 7 heteroatoms. The first kappa shape index (κ1) is 14.1. The highest BCUT2D eigenvalue weighted by Crippen LogP contribution is 2.08. The van der Waals surface area contributed by atoms with Gasteiger partial charge in [-0.1, -0.05) is 0 Å². The summed E-state index contributed by atoms with van der Waals surface area (Å²) in [5.74, 6) is -0.811. The lowest BCUT2D eigenvalue weighted by atomic mass is 9.98. The molecule has 0 rings (SSSR count). The van der Waals surface area contributed by atoms with Gasteiger partial charge in [0.2, 0.25) is 0 Å². The lowest BCUT2D eigenvalue weighted by Crippen LogP contribution is -2.51. The Morgan fingerprint density at radius 3 is 1.80 bits per heavy atom. The van der Waals surface area contributed by atoms with Gasteiger partial charge in [-0.2, -0.15) is 0 Å². The molecule has 0 spiro atoms. The van der Waals surface area contributed by atoms with Crippen molar-refractivity contribution in [1.29, 1.82) is 0 Å². The Labute approximate surface area is 85.6 Å². The average Bonchev–Trinajstić information content (AvgIpc) is 2.23. The molecular weight excluding hydrogens is 208 g/mol. The van der Waals surface area contributed by atoms with Crippen molar-refractivity contribution in [3.63, 3.8) is 0 Å². The molecule has 5 atom stereocenters. The Morgan fingerprint density at radius 1 is 1.00 bits per heavy atom. The first-order chi connectivity index (χ1) is 6.82. The molecular formula is C8H14O7. The Balaban J connectivity index is 4.49. The number of Topliss-reactive ketones (excluding diaryl/α,β-unsaturated/α-hetero) is 1. The number of aliphatic hydroxyl groups excluding tert-OH is 5. The third-order valence-corrected chi connectivity index (χ3v) is 1.93. The van der Waals surface area contributed by atoms with E-state index in [1.165, 1.54) is 0 Å². The van der Waals surface area contributed by atoms with Crippen LogP contribution >= 0.6 is 0 Å². The van der Waals surface area contributed by atoms with Crippen LogP contribution in [-0.4, -0.2) is 68.1 Å². The van der Waals surface area contributed by atoms with Gasteiger partial charge in [-0.15, -0.1) is 0 Å². The Kier molecular flexibility index (Phi) is 5.55. The van der Waals surface area contributed by atoms with E-state index >= 15 is 0 Å². The summed E-state index contributed by atoms with van der Waals surface area (Å²) >= 11 is 0. The summed E-state index contributed by atoms with van der Waals surface area (Å²) in [6, 6.07) is 0. The van der Waals surface area contributed by atoms with E-state index in [0.29, 0.717) is 0 Å². The van der Waals surface area contributed by atoms with Gasteiger partial charge in [0.25, 0.3) is 0 Å². The van der Waals surface area contributed by atoms with E-state index in [1.807, 2.05) is 0 Å². The van der Waals surface area contributed by atoms with Crippen LogP contribution < -0.4 is 0 Å². The zero-order chi connectivity index (χ0) is 12.2.